The zero-order valence-electron chi connectivity index (χ0n) is 10.6. The lowest BCUT2D eigenvalue weighted by Gasteiger charge is -2.25. The molecule has 1 nitrogen and oxygen atoms in total. The number of rotatable bonds is 5. The summed E-state index contributed by atoms with van der Waals surface area (Å²) >= 11 is 0. The molecule has 15 heavy (non-hydrogen) atoms. The van der Waals surface area contributed by atoms with Gasteiger partial charge in [0.05, 0.1) is 0 Å². The number of fused-ring (bicyclic) bond motifs is 1. The lowest BCUT2D eigenvalue weighted by atomic mass is 9.89. The van der Waals surface area contributed by atoms with Crippen LogP contribution < -0.4 is 5.32 Å². The van der Waals surface area contributed by atoms with Crippen LogP contribution in [0.15, 0.2) is 0 Å². The van der Waals surface area contributed by atoms with Crippen LogP contribution in [-0.2, 0) is 0 Å². The van der Waals surface area contributed by atoms with E-state index in [-0.39, 0.29) is 0 Å². The molecule has 1 heteroatoms. The van der Waals surface area contributed by atoms with Crippen molar-refractivity contribution in [3.63, 3.8) is 0 Å². The average Bonchev–Trinajstić information content (AvgIpc) is 3.00. The summed E-state index contributed by atoms with van der Waals surface area (Å²) in [7, 11) is 2.17. The van der Waals surface area contributed by atoms with Crippen LogP contribution in [0, 0.1) is 23.7 Å². The van der Waals surface area contributed by atoms with Gasteiger partial charge in [0.25, 0.3) is 0 Å². The highest BCUT2D eigenvalue weighted by Crippen LogP contribution is 2.58. The Balaban J connectivity index is 1.95. The van der Waals surface area contributed by atoms with Gasteiger partial charge in [0.1, 0.15) is 0 Å². The van der Waals surface area contributed by atoms with Crippen LogP contribution >= 0.6 is 0 Å². The first-order chi connectivity index (χ1) is 7.33. The van der Waals surface area contributed by atoms with E-state index >= 15 is 0 Å². The highest BCUT2D eigenvalue weighted by atomic mass is 14.9. The molecule has 1 N–H and O–H groups in total. The van der Waals surface area contributed by atoms with E-state index in [1.165, 1.54) is 38.5 Å². The Bertz CT molecular complexity index is 186. The monoisotopic (exact) mass is 209 g/mol. The van der Waals surface area contributed by atoms with Crippen LogP contribution in [0.2, 0.25) is 0 Å². The Hall–Kier alpha value is -0.0400. The molecule has 0 amide bonds. The molecule has 88 valence electrons. The molecule has 0 spiro atoms. The van der Waals surface area contributed by atoms with Gasteiger partial charge in [-0.05, 0) is 43.6 Å². The van der Waals surface area contributed by atoms with E-state index in [1.54, 1.807) is 0 Å². The van der Waals surface area contributed by atoms with Crippen LogP contribution in [-0.4, -0.2) is 13.1 Å². The van der Waals surface area contributed by atoms with Crippen molar-refractivity contribution < 1.29 is 0 Å². The molecule has 0 aromatic rings. The van der Waals surface area contributed by atoms with Crippen molar-refractivity contribution in [2.24, 2.45) is 23.7 Å². The standard InChI is InChI=1S/C14H27N/c1-4-10(5-2)14(15-3)13-11-8-6-7-9-12(11)13/h10-15H,4-9H2,1-3H3. The molecule has 2 aliphatic carbocycles. The molecule has 0 aromatic carbocycles. The number of hydrogen-bond acceptors (Lipinski definition) is 1. The Morgan fingerprint density at radius 1 is 1.07 bits per heavy atom. The van der Waals surface area contributed by atoms with Crippen LogP contribution in [0.5, 0.6) is 0 Å². The van der Waals surface area contributed by atoms with Crippen molar-refractivity contribution in [2.45, 2.75) is 58.4 Å². The molecule has 2 rings (SSSR count). The van der Waals surface area contributed by atoms with E-state index in [2.05, 4.69) is 26.2 Å². The molecule has 0 aliphatic heterocycles. The maximum Gasteiger partial charge on any atom is 0.0126 e. The molecule has 0 bridgehead atoms. The maximum atomic E-state index is 3.62. The maximum absolute atomic E-state index is 3.62. The van der Waals surface area contributed by atoms with Gasteiger partial charge < -0.3 is 5.32 Å². The Morgan fingerprint density at radius 2 is 1.60 bits per heavy atom. The van der Waals surface area contributed by atoms with Gasteiger partial charge in [-0.15, -0.1) is 0 Å². The first-order valence-electron chi connectivity index (χ1n) is 7.00. The summed E-state index contributed by atoms with van der Waals surface area (Å²) in [6.07, 6.45) is 8.73. The fourth-order valence-corrected chi connectivity index (χ4v) is 4.12. The lowest BCUT2D eigenvalue weighted by Crippen LogP contribution is -2.36. The van der Waals surface area contributed by atoms with Crippen molar-refractivity contribution in [3.8, 4) is 0 Å². The molecule has 0 saturated heterocycles. The van der Waals surface area contributed by atoms with Crippen molar-refractivity contribution in [2.75, 3.05) is 7.05 Å². The van der Waals surface area contributed by atoms with Crippen molar-refractivity contribution in [1.29, 1.82) is 0 Å². The summed E-state index contributed by atoms with van der Waals surface area (Å²) in [6.45, 7) is 4.70. The minimum absolute atomic E-state index is 0.813. The SMILES string of the molecule is CCC(CC)C(NC)C1C2CCCCC21. The van der Waals surface area contributed by atoms with Gasteiger partial charge in [0, 0.05) is 6.04 Å². The Kier molecular flexibility index (Phi) is 3.71. The lowest BCUT2D eigenvalue weighted by molar-refractivity contribution is 0.303. The van der Waals surface area contributed by atoms with Gasteiger partial charge in [0.2, 0.25) is 0 Å². The topological polar surface area (TPSA) is 12.0 Å². The van der Waals surface area contributed by atoms with Crippen molar-refractivity contribution in [1.82, 2.24) is 5.32 Å². The molecule has 0 radical (unpaired) electrons. The smallest absolute Gasteiger partial charge is 0.0126 e. The summed E-state index contributed by atoms with van der Waals surface area (Å²) < 4.78 is 0. The van der Waals surface area contributed by atoms with Crippen molar-refractivity contribution >= 4 is 0 Å². The van der Waals surface area contributed by atoms with Gasteiger partial charge in [-0.1, -0.05) is 39.5 Å². The number of nitrogens with one attached hydrogen (secondary N) is 1. The first-order valence-corrected chi connectivity index (χ1v) is 7.00. The quantitative estimate of drug-likeness (QED) is 0.731. The molecule has 3 atom stereocenters. The Labute approximate surface area is 95.0 Å². The average molecular weight is 209 g/mol. The molecular weight excluding hydrogens is 182 g/mol. The van der Waals surface area contributed by atoms with E-state index in [0.29, 0.717) is 0 Å². The van der Waals surface area contributed by atoms with E-state index < -0.39 is 0 Å². The molecule has 2 aliphatic rings. The summed E-state index contributed by atoms with van der Waals surface area (Å²) in [6, 6.07) is 0.813. The third kappa shape index (κ3) is 2.08. The predicted octanol–water partition coefficient (Wildman–Crippen LogP) is 3.45. The van der Waals surface area contributed by atoms with Crippen LogP contribution in [0.25, 0.3) is 0 Å². The van der Waals surface area contributed by atoms with Crippen LogP contribution in [0.1, 0.15) is 52.4 Å². The van der Waals surface area contributed by atoms with E-state index in [9.17, 15) is 0 Å². The molecule has 0 aromatic heterocycles. The van der Waals surface area contributed by atoms with Crippen molar-refractivity contribution in [3.05, 3.63) is 0 Å². The van der Waals surface area contributed by atoms with Gasteiger partial charge in [-0.2, -0.15) is 0 Å². The molecule has 2 fully saturated rings. The first kappa shape index (κ1) is 11.4. The van der Waals surface area contributed by atoms with E-state index in [4.69, 9.17) is 0 Å². The molecule has 2 saturated carbocycles. The molecule has 0 heterocycles. The second kappa shape index (κ2) is 4.86. The summed E-state index contributed by atoms with van der Waals surface area (Å²) in [5.74, 6) is 4.13. The highest BCUT2D eigenvalue weighted by Gasteiger charge is 2.54. The normalized spacial score (nSPS) is 36.4. The molecule has 3 unspecified atom stereocenters. The fourth-order valence-electron chi connectivity index (χ4n) is 4.12. The summed E-state index contributed by atoms with van der Waals surface area (Å²) in [5, 5.41) is 3.62. The predicted molar refractivity (Wildman–Crippen MR) is 65.9 cm³/mol. The van der Waals surface area contributed by atoms with E-state index in [0.717, 1.165) is 29.7 Å². The Morgan fingerprint density at radius 3 is 2.00 bits per heavy atom. The van der Waals surface area contributed by atoms with Crippen LogP contribution in [0.4, 0.5) is 0 Å². The third-order valence-electron chi connectivity index (χ3n) is 5.03. The largest absolute Gasteiger partial charge is 0.316 e. The number of hydrogen-bond donors (Lipinski definition) is 1. The van der Waals surface area contributed by atoms with Gasteiger partial charge in [-0.3, -0.25) is 0 Å². The second-order valence-corrected chi connectivity index (χ2v) is 5.58. The zero-order valence-corrected chi connectivity index (χ0v) is 10.6. The minimum Gasteiger partial charge on any atom is -0.316 e. The third-order valence-corrected chi connectivity index (χ3v) is 5.03. The molecular formula is C14H27N. The summed E-state index contributed by atoms with van der Waals surface area (Å²) in [5.41, 5.74) is 0. The van der Waals surface area contributed by atoms with E-state index in [1.807, 2.05) is 0 Å². The summed E-state index contributed by atoms with van der Waals surface area (Å²) in [4.78, 5) is 0. The van der Waals surface area contributed by atoms with Gasteiger partial charge in [0.15, 0.2) is 0 Å². The van der Waals surface area contributed by atoms with Crippen LogP contribution in [0.3, 0.4) is 0 Å². The van der Waals surface area contributed by atoms with Gasteiger partial charge in [-0.25, -0.2) is 0 Å². The zero-order chi connectivity index (χ0) is 10.8. The highest BCUT2D eigenvalue weighted by molar-refractivity contribution is 5.05. The van der Waals surface area contributed by atoms with Gasteiger partial charge >= 0.3 is 0 Å². The second-order valence-electron chi connectivity index (χ2n) is 5.58. The minimum atomic E-state index is 0.813. The fraction of sp³-hybridized carbons (Fsp3) is 1.00.